The van der Waals surface area contributed by atoms with Crippen molar-refractivity contribution in [2.24, 2.45) is 0 Å². The number of hydroxylamine groups is 1. The molecule has 0 bridgehead atoms. The van der Waals surface area contributed by atoms with E-state index < -0.39 is 0 Å². The van der Waals surface area contributed by atoms with Crippen molar-refractivity contribution in [3.05, 3.63) is 148 Å². The van der Waals surface area contributed by atoms with Gasteiger partial charge in [0.15, 0.2) is 0 Å². The van der Waals surface area contributed by atoms with Gasteiger partial charge in [0, 0.05) is 28.1 Å². The van der Waals surface area contributed by atoms with Crippen molar-refractivity contribution in [2.45, 2.75) is 25.5 Å². The topological polar surface area (TPSA) is 25.6 Å². The molecule has 0 fully saturated rings. The van der Waals surface area contributed by atoms with E-state index in [0.29, 0.717) is 11.4 Å². The minimum Gasteiger partial charge on any atom is -0.461 e. The van der Waals surface area contributed by atoms with E-state index in [1.54, 1.807) is 0 Å². The summed E-state index contributed by atoms with van der Waals surface area (Å²) in [5.41, 5.74) is 6.56. The fourth-order valence-corrected chi connectivity index (χ4v) is 5.19. The number of fused-ring (bicyclic) bond motifs is 1. The third-order valence-electron chi connectivity index (χ3n) is 6.79. The molecule has 2 heterocycles. The third-order valence-corrected chi connectivity index (χ3v) is 7.04. The van der Waals surface area contributed by atoms with Crippen LogP contribution in [0.3, 0.4) is 0 Å². The lowest BCUT2D eigenvalue weighted by Crippen LogP contribution is -2.30. The van der Waals surface area contributed by atoms with Crippen molar-refractivity contribution in [3.63, 3.8) is 0 Å². The van der Waals surface area contributed by atoms with Gasteiger partial charge in [-0.1, -0.05) is 103 Å². The van der Waals surface area contributed by atoms with Crippen LogP contribution in [0.4, 0.5) is 5.69 Å². The summed E-state index contributed by atoms with van der Waals surface area (Å²) >= 11 is 6.28. The zero-order chi connectivity index (χ0) is 24.5. The van der Waals surface area contributed by atoms with E-state index in [1.165, 1.54) is 5.56 Å². The van der Waals surface area contributed by atoms with Crippen LogP contribution in [0.1, 0.15) is 40.2 Å². The van der Waals surface area contributed by atoms with E-state index in [-0.39, 0.29) is 12.1 Å². The molecule has 4 heteroatoms. The molecule has 6 rings (SSSR count). The van der Waals surface area contributed by atoms with E-state index in [9.17, 15) is 0 Å². The Morgan fingerprint density at radius 3 is 1.94 bits per heavy atom. The highest BCUT2D eigenvalue weighted by atomic mass is 35.5. The quantitative estimate of drug-likeness (QED) is 0.251. The molecule has 2 atom stereocenters. The van der Waals surface area contributed by atoms with Crippen molar-refractivity contribution in [3.8, 4) is 11.3 Å². The molecular formula is C32H26ClNO2. The third kappa shape index (κ3) is 4.21. The number of nitrogens with zero attached hydrogens (tertiary/aromatic N) is 1. The smallest absolute Gasteiger partial charge is 0.140 e. The van der Waals surface area contributed by atoms with Crippen LogP contribution in [-0.2, 0) is 11.3 Å². The fourth-order valence-electron chi connectivity index (χ4n) is 5.06. The van der Waals surface area contributed by atoms with Crippen molar-refractivity contribution in [1.29, 1.82) is 0 Å². The average molecular weight is 492 g/mol. The molecule has 0 saturated carbocycles. The number of furan rings is 1. The second-order valence-corrected chi connectivity index (χ2v) is 9.51. The molecule has 1 aliphatic rings. The van der Waals surface area contributed by atoms with Crippen LogP contribution in [0, 0.1) is 6.92 Å². The predicted octanol–water partition coefficient (Wildman–Crippen LogP) is 8.73. The number of benzene rings is 4. The Labute approximate surface area is 216 Å². The normalized spacial score (nSPS) is 17.4. The first-order chi connectivity index (χ1) is 17.7. The van der Waals surface area contributed by atoms with Gasteiger partial charge in [-0.2, -0.15) is 0 Å². The summed E-state index contributed by atoms with van der Waals surface area (Å²) in [6.45, 7) is 2.06. The van der Waals surface area contributed by atoms with Gasteiger partial charge in [-0.3, -0.25) is 4.84 Å². The molecule has 0 amide bonds. The second kappa shape index (κ2) is 9.69. The van der Waals surface area contributed by atoms with Crippen LogP contribution in [0.2, 0.25) is 5.02 Å². The summed E-state index contributed by atoms with van der Waals surface area (Å²) in [6.07, 6.45) is 0.517. The monoisotopic (exact) mass is 491 g/mol. The van der Waals surface area contributed by atoms with Crippen LogP contribution < -0.4 is 5.06 Å². The van der Waals surface area contributed by atoms with Gasteiger partial charge in [-0.25, -0.2) is 5.06 Å². The van der Waals surface area contributed by atoms with E-state index in [0.717, 1.165) is 39.5 Å². The molecule has 0 spiro atoms. The Bertz CT molecular complexity index is 1450. The van der Waals surface area contributed by atoms with Gasteiger partial charge in [0.05, 0.1) is 5.69 Å². The van der Waals surface area contributed by atoms with Gasteiger partial charge < -0.3 is 4.42 Å². The van der Waals surface area contributed by atoms with E-state index in [4.69, 9.17) is 20.9 Å². The van der Waals surface area contributed by atoms with Crippen LogP contribution in [0.15, 0.2) is 120 Å². The Morgan fingerprint density at radius 1 is 0.722 bits per heavy atom. The second-order valence-electron chi connectivity index (χ2n) is 9.07. The van der Waals surface area contributed by atoms with Gasteiger partial charge in [0.25, 0.3) is 0 Å². The number of hydrogen-bond donors (Lipinski definition) is 0. The van der Waals surface area contributed by atoms with Crippen LogP contribution in [-0.4, -0.2) is 0 Å². The van der Waals surface area contributed by atoms with Crippen molar-refractivity contribution >= 4 is 17.3 Å². The molecule has 0 radical (unpaired) electrons. The van der Waals surface area contributed by atoms with Gasteiger partial charge in [-0.05, 0) is 42.3 Å². The molecule has 3 nitrogen and oxygen atoms in total. The molecular weight excluding hydrogens is 466 g/mol. The molecule has 1 aromatic heterocycles. The molecule has 5 aromatic rings. The van der Waals surface area contributed by atoms with Crippen molar-refractivity contribution in [2.75, 3.05) is 5.06 Å². The number of anilines is 1. The molecule has 0 saturated heterocycles. The predicted molar refractivity (Wildman–Crippen MR) is 145 cm³/mol. The minimum absolute atomic E-state index is 0.186. The van der Waals surface area contributed by atoms with E-state index in [1.807, 2.05) is 59.7 Å². The first-order valence-corrected chi connectivity index (χ1v) is 12.6. The number of aryl methyl sites for hydroxylation is 1. The summed E-state index contributed by atoms with van der Waals surface area (Å²) in [4.78, 5) is 6.93. The van der Waals surface area contributed by atoms with Crippen molar-refractivity contribution in [1.82, 2.24) is 0 Å². The molecule has 178 valence electrons. The number of halogens is 1. The maximum atomic E-state index is 6.93. The Kier molecular flexibility index (Phi) is 6.10. The Balaban J connectivity index is 1.62. The number of hydrogen-bond acceptors (Lipinski definition) is 3. The van der Waals surface area contributed by atoms with Crippen LogP contribution in [0.5, 0.6) is 0 Å². The number of rotatable bonds is 4. The SMILES string of the molecule is Cc1oc(-c2ccccc2)c2c1C[C@H](c1ccccc1)ON(c1ccc(Cl)cc1)[C@@H]2c1ccccc1. The zero-order valence-electron chi connectivity index (χ0n) is 20.0. The van der Waals surface area contributed by atoms with Gasteiger partial charge in [-0.15, -0.1) is 0 Å². The zero-order valence-corrected chi connectivity index (χ0v) is 20.7. The fraction of sp³-hybridized carbons (Fsp3) is 0.125. The first-order valence-electron chi connectivity index (χ1n) is 12.2. The summed E-state index contributed by atoms with van der Waals surface area (Å²) in [5.74, 6) is 1.81. The summed E-state index contributed by atoms with van der Waals surface area (Å²) in [7, 11) is 0. The standard InChI is InChI=1S/C32H26ClNO2/c1-22-28-21-29(23-11-5-2-6-12-23)36-34(27-19-17-26(33)18-20-27)31(24-13-7-3-8-14-24)30(28)32(35-22)25-15-9-4-10-16-25/h2-20,29,31H,21H2,1H3/t29-,31-/m1/s1. The summed E-state index contributed by atoms with van der Waals surface area (Å²) < 4.78 is 6.55. The lowest BCUT2D eigenvalue weighted by Gasteiger charge is -2.34. The first kappa shape index (κ1) is 22.7. The van der Waals surface area contributed by atoms with Crippen LogP contribution in [0.25, 0.3) is 11.3 Å². The van der Waals surface area contributed by atoms with Crippen LogP contribution >= 0.6 is 11.6 Å². The lowest BCUT2D eigenvalue weighted by molar-refractivity contribution is 0.0260. The minimum atomic E-state index is -0.219. The highest BCUT2D eigenvalue weighted by molar-refractivity contribution is 6.30. The highest BCUT2D eigenvalue weighted by Crippen LogP contribution is 2.47. The lowest BCUT2D eigenvalue weighted by atomic mass is 9.89. The molecule has 0 aliphatic carbocycles. The van der Waals surface area contributed by atoms with Gasteiger partial charge >= 0.3 is 0 Å². The largest absolute Gasteiger partial charge is 0.461 e. The average Bonchev–Trinajstić information content (AvgIpc) is 3.13. The Hall–Kier alpha value is -3.79. The van der Waals surface area contributed by atoms with Gasteiger partial charge in [0.2, 0.25) is 0 Å². The van der Waals surface area contributed by atoms with Crippen molar-refractivity contribution < 1.29 is 9.25 Å². The molecule has 4 aromatic carbocycles. The summed E-state index contributed by atoms with van der Waals surface area (Å²) in [5, 5.41) is 2.73. The van der Waals surface area contributed by atoms with Gasteiger partial charge in [0.1, 0.15) is 23.7 Å². The molecule has 36 heavy (non-hydrogen) atoms. The maximum absolute atomic E-state index is 6.93. The highest BCUT2D eigenvalue weighted by Gasteiger charge is 2.38. The molecule has 0 unspecified atom stereocenters. The summed E-state index contributed by atoms with van der Waals surface area (Å²) in [6, 6.07) is 38.9. The molecule has 0 N–H and O–H groups in total. The van der Waals surface area contributed by atoms with E-state index >= 15 is 0 Å². The maximum Gasteiger partial charge on any atom is 0.140 e. The Morgan fingerprint density at radius 2 is 1.31 bits per heavy atom. The molecule has 1 aliphatic heterocycles. The van der Waals surface area contributed by atoms with E-state index in [2.05, 4.69) is 67.6 Å².